The lowest BCUT2D eigenvalue weighted by molar-refractivity contribution is -0.145. The van der Waals surface area contributed by atoms with Gasteiger partial charge in [0.1, 0.15) is 5.76 Å². The number of carbonyl (C=O) groups excluding carboxylic acids is 1. The molecule has 1 N–H and O–H groups in total. The Morgan fingerprint density at radius 3 is 2.11 bits per heavy atom. The number of oxazole rings is 1. The topological polar surface area (TPSA) is 92.9 Å². The van der Waals surface area contributed by atoms with E-state index in [1.54, 1.807) is 4.90 Å². The van der Waals surface area contributed by atoms with Crippen molar-refractivity contribution in [3.8, 4) is 22.6 Å². The van der Waals surface area contributed by atoms with E-state index in [4.69, 9.17) is 9.15 Å². The highest BCUT2D eigenvalue weighted by Gasteiger charge is 2.44. The maximum absolute atomic E-state index is 12.7. The number of rotatable bonds is 7. The van der Waals surface area contributed by atoms with E-state index >= 15 is 0 Å². The number of piperidine rings is 1. The van der Waals surface area contributed by atoms with Crippen LogP contribution in [0, 0.1) is 6.92 Å². The second-order valence-electron chi connectivity index (χ2n) is 9.57. The van der Waals surface area contributed by atoms with E-state index in [9.17, 15) is 14.7 Å². The van der Waals surface area contributed by atoms with Gasteiger partial charge in [0.15, 0.2) is 0 Å². The number of aryl methyl sites for hydroxylation is 1. The first kappa shape index (κ1) is 25.3. The van der Waals surface area contributed by atoms with Crippen molar-refractivity contribution in [1.29, 1.82) is 0 Å². The molecule has 0 aliphatic carbocycles. The molecule has 7 heteroatoms. The number of hydrogen-bond acceptors (Lipinski definition) is 5. The molecule has 0 saturated carbocycles. The van der Waals surface area contributed by atoms with Crippen LogP contribution >= 0.6 is 0 Å². The molecule has 5 rings (SSSR count). The lowest BCUT2D eigenvalue weighted by Crippen LogP contribution is -2.49. The van der Waals surface area contributed by atoms with Crippen LogP contribution in [0.5, 0.6) is 0 Å². The molecule has 194 valence electrons. The average Bonchev–Trinajstić information content (AvgIpc) is 3.34. The van der Waals surface area contributed by atoms with Gasteiger partial charge < -0.3 is 19.2 Å². The molecule has 1 saturated heterocycles. The van der Waals surface area contributed by atoms with Gasteiger partial charge in [-0.1, -0.05) is 72.8 Å². The highest BCUT2D eigenvalue weighted by atomic mass is 16.6. The SMILES string of the molecule is Cc1oc(-c2ccc(-c3ccccc3)cc2)nc1CCOC(=O)N1CCC(C(=O)O)(c2ccccc2)CC1. The van der Waals surface area contributed by atoms with E-state index in [0.29, 0.717) is 44.0 Å². The first-order valence-electron chi connectivity index (χ1n) is 12.8. The van der Waals surface area contributed by atoms with Crippen molar-refractivity contribution in [2.24, 2.45) is 0 Å². The van der Waals surface area contributed by atoms with Gasteiger partial charge in [-0.2, -0.15) is 0 Å². The van der Waals surface area contributed by atoms with Gasteiger partial charge in [-0.05, 0) is 48.6 Å². The first-order chi connectivity index (χ1) is 18.5. The van der Waals surface area contributed by atoms with Crippen LogP contribution in [0.4, 0.5) is 4.79 Å². The summed E-state index contributed by atoms with van der Waals surface area (Å²) in [5.74, 6) is 0.365. The Morgan fingerprint density at radius 1 is 0.895 bits per heavy atom. The van der Waals surface area contributed by atoms with Gasteiger partial charge >= 0.3 is 12.1 Å². The van der Waals surface area contributed by atoms with E-state index in [-0.39, 0.29) is 6.61 Å². The van der Waals surface area contributed by atoms with Crippen molar-refractivity contribution in [2.75, 3.05) is 19.7 Å². The molecule has 1 fully saturated rings. The fourth-order valence-corrected chi connectivity index (χ4v) is 5.00. The summed E-state index contributed by atoms with van der Waals surface area (Å²) in [6.45, 7) is 2.67. The molecular formula is C31H30N2O5. The number of carbonyl (C=O) groups is 2. The molecule has 0 unspecified atom stereocenters. The van der Waals surface area contributed by atoms with Crippen LogP contribution in [0.3, 0.4) is 0 Å². The van der Waals surface area contributed by atoms with Crippen LogP contribution in [0.1, 0.15) is 29.9 Å². The van der Waals surface area contributed by atoms with Crippen LogP contribution in [-0.4, -0.2) is 46.7 Å². The van der Waals surface area contributed by atoms with Crippen LogP contribution in [0.2, 0.25) is 0 Å². The lowest BCUT2D eigenvalue weighted by atomic mass is 9.73. The molecular weight excluding hydrogens is 480 g/mol. The predicted molar refractivity (Wildman–Crippen MR) is 144 cm³/mol. The molecule has 0 bridgehead atoms. The summed E-state index contributed by atoms with van der Waals surface area (Å²) >= 11 is 0. The number of carboxylic acids is 1. The Bertz CT molecular complexity index is 1390. The van der Waals surface area contributed by atoms with Gasteiger partial charge in [0.2, 0.25) is 5.89 Å². The van der Waals surface area contributed by atoms with Gasteiger partial charge in [-0.25, -0.2) is 9.78 Å². The summed E-state index contributed by atoms with van der Waals surface area (Å²) in [5, 5.41) is 9.96. The van der Waals surface area contributed by atoms with Gasteiger partial charge in [-0.3, -0.25) is 4.79 Å². The summed E-state index contributed by atoms with van der Waals surface area (Å²) in [6, 6.07) is 27.5. The summed E-state index contributed by atoms with van der Waals surface area (Å²) in [6.07, 6.45) is 0.682. The molecule has 0 atom stereocenters. The van der Waals surface area contributed by atoms with E-state index in [1.807, 2.05) is 79.7 Å². The number of benzene rings is 3. The molecule has 2 heterocycles. The molecule has 38 heavy (non-hydrogen) atoms. The fourth-order valence-electron chi connectivity index (χ4n) is 5.00. The van der Waals surface area contributed by atoms with Gasteiger partial charge in [-0.15, -0.1) is 0 Å². The number of ether oxygens (including phenoxy) is 1. The molecule has 3 aromatic carbocycles. The van der Waals surface area contributed by atoms with E-state index in [2.05, 4.69) is 17.1 Å². The molecule has 1 amide bonds. The van der Waals surface area contributed by atoms with Crippen molar-refractivity contribution in [1.82, 2.24) is 9.88 Å². The molecule has 1 aromatic heterocycles. The minimum atomic E-state index is -0.981. The Morgan fingerprint density at radius 2 is 1.47 bits per heavy atom. The minimum absolute atomic E-state index is 0.165. The van der Waals surface area contributed by atoms with E-state index < -0.39 is 17.5 Å². The zero-order chi connectivity index (χ0) is 26.5. The van der Waals surface area contributed by atoms with Gasteiger partial charge in [0.05, 0.1) is 17.7 Å². The predicted octanol–water partition coefficient (Wildman–Crippen LogP) is 6.11. The Labute approximate surface area is 221 Å². The molecule has 7 nitrogen and oxygen atoms in total. The number of aromatic nitrogens is 1. The Balaban J connectivity index is 1.15. The molecule has 0 spiro atoms. The average molecular weight is 511 g/mol. The number of nitrogens with zero attached hydrogens (tertiary/aromatic N) is 2. The molecule has 1 aliphatic rings. The number of amides is 1. The normalized spacial score (nSPS) is 14.7. The zero-order valence-corrected chi connectivity index (χ0v) is 21.3. The second kappa shape index (κ2) is 10.9. The first-order valence-corrected chi connectivity index (χ1v) is 12.8. The smallest absolute Gasteiger partial charge is 0.409 e. The third-order valence-corrected chi connectivity index (χ3v) is 7.31. The third-order valence-electron chi connectivity index (χ3n) is 7.31. The third kappa shape index (κ3) is 5.18. The number of hydrogen-bond donors (Lipinski definition) is 1. The van der Waals surface area contributed by atoms with Crippen molar-refractivity contribution in [3.05, 3.63) is 102 Å². The van der Waals surface area contributed by atoms with Crippen LogP contribution in [0.25, 0.3) is 22.6 Å². The lowest BCUT2D eigenvalue weighted by Gasteiger charge is -2.38. The number of likely N-dealkylation sites (tertiary alicyclic amines) is 1. The summed E-state index contributed by atoms with van der Waals surface area (Å²) in [7, 11) is 0. The van der Waals surface area contributed by atoms with Crippen molar-refractivity contribution in [3.63, 3.8) is 0 Å². The van der Waals surface area contributed by atoms with Crippen molar-refractivity contribution >= 4 is 12.1 Å². The molecule has 4 aromatic rings. The van der Waals surface area contributed by atoms with Crippen LogP contribution in [0.15, 0.2) is 89.3 Å². The molecule has 1 aliphatic heterocycles. The quantitative estimate of drug-likeness (QED) is 0.322. The highest BCUT2D eigenvalue weighted by Crippen LogP contribution is 2.36. The van der Waals surface area contributed by atoms with Gasteiger partial charge in [0.25, 0.3) is 0 Å². The number of aliphatic carboxylic acids is 1. The second-order valence-corrected chi connectivity index (χ2v) is 9.57. The Hall–Kier alpha value is -4.39. The standard InChI is InChI=1S/C31H30N2O5/c1-22-27(32-28(38-22)25-14-12-24(13-15-25)23-8-4-2-5-9-23)16-21-37-30(36)33-19-17-31(18-20-33,29(34)35)26-10-6-3-7-11-26/h2-15H,16-21H2,1H3,(H,34,35). The van der Waals surface area contributed by atoms with E-state index in [0.717, 1.165) is 27.9 Å². The van der Waals surface area contributed by atoms with Crippen LogP contribution in [-0.2, 0) is 21.4 Å². The minimum Gasteiger partial charge on any atom is -0.481 e. The summed E-state index contributed by atoms with van der Waals surface area (Å²) < 4.78 is 11.4. The Kier molecular flexibility index (Phi) is 7.26. The van der Waals surface area contributed by atoms with Crippen LogP contribution < -0.4 is 0 Å². The summed E-state index contributed by atoms with van der Waals surface area (Å²) in [5.41, 5.74) is 3.68. The van der Waals surface area contributed by atoms with Crippen molar-refractivity contribution in [2.45, 2.75) is 31.6 Å². The number of carboxylic acid groups (broad SMARTS) is 1. The maximum atomic E-state index is 12.7. The zero-order valence-electron chi connectivity index (χ0n) is 21.3. The molecule has 0 radical (unpaired) electrons. The summed E-state index contributed by atoms with van der Waals surface area (Å²) in [4.78, 5) is 31.0. The largest absolute Gasteiger partial charge is 0.481 e. The maximum Gasteiger partial charge on any atom is 0.409 e. The van der Waals surface area contributed by atoms with Crippen molar-refractivity contribution < 1.29 is 23.8 Å². The monoisotopic (exact) mass is 510 g/mol. The van der Waals surface area contributed by atoms with E-state index in [1.165, 1.54) is 0 Å². The highest BCUT2D eigenvalue weighted by molar-refractivity contribution is 5.82. The van der Waals surface area contributed by atoms with Gasteiger partial charge in [0, 0.05) is 25.1 Å². The fraction of sp³-hybridized carbons (Fsp3) is 0.258.